The molecule has 1 N–H and O–H groups in total. The van der Waals surface area contributed by atoms with E-state index >= 15 is 0 Å². The van der Waals surface area contributed by atoms with Crippen LogP contribution in [0.1, 0.15) is 26.7 Å². The Hall–Kier alpha value is 0.0900. The Morgan fingerprint density at radius 1 is 1.53 bits per heavy atom. The maximum absolute atomic E-state index is 11.8. The van der Waals surface area contributed by atoms with Gasteiger partial charge in [-0.1, -0.05) is 13.3 Å². The Morgan fingerprint density at radius 3 is 2.67 bits per heavy atom. The summed E-state index contributed by atoms with van der Waals surface area (Å²) < 4.78 is 27.5. The molecule has 1 aromatic rings. The molecular formula is C9H14BrNO2S2. The van der Waals surface area contributed by atoms with E-state index in [9.17, 15) is 8.42 Å². The topological polar surface area (TPSA) is 46.2 Å². The predicted molar refractivity (Wildman–Crippen MR) is 66.7 cm³/mol. The zero-order valence-electron chi connectivity index (χ0n) is 8.66. The standard InChI is InChI=1S/C9H14BrNO2S2/c1-3-4-7(2)11-15(12,13)9-6-5-8(10)14-9/h5-7,11H,3-4H2,1-2H3/t7-/m1/s1. The molecule has 86 valence electrons. The van der Waals surface area contributed by atoms with Crippen LogP contribution in [0.4, 0.5) is 0 Å². The summed E-state index contributed by atoms with van der Waals surface area (Å²) in [5.74, 6) is 0. The van der Waals surface area contributed by atoms with Crippen LogP contribution in [0.25, 0.3) is 0 Å². The lowest BCUT2D eigenvalue weighted by atomic mass is 10.2. The molecule has 0 radical (unpaired) electrons. The number of sulfonamides is 1. The summed E-state index contributed by atoms with van der Waals surface area (Å²) in [5, 5.41) is 0. The van der Waals surface area contributed by atoms with Gasteiger partial charge in [-0.25, -0.2) is 13.1 Å². The summed E-state index contributed by atoms with van der Waals surface area (Å²) in [5.41, 5.74) is 0. The Bertz CT molecular complexity index is 414. The summed E-state index contributed by atoms with van der Waals surface area (Å²) >= 11 is 4.47. The fourth-order valence-electron chi connectivity index (χ4n) is 1.26. The van der Waals surface area contributed by atoms with Gasteiger partial charge in [0, 0.05) is 6.04 Å². The second-order valence-corrected chi connectivity index (χ2v) is 7.77. The van der Waals surface area contributed by atoms with Crippen LogP contribution in [0.15, 0.2) is 20.1 Å². The minimum Gasteiger partial charge on any atom is -0.208 e. The molecule has 3 nitrogen and oxygen atoms in total. The Balaban J connectivity index is 2.76. The number of hydrogen-bond acceptors (Lipinski definition) is 3. The molecule has 0 aliphatic heterocycles. The monoisotopic (exact) mass is 311 g/mol. The van der Waals surface area contributed by atoms with Crippen molar-refractivity contribution in [3.05, 3.63) is 15.9 Å². The molecule has 0 spiro atoms. The molecular weight excluding hydrogens is 298 g/mol. The van der Waals surface area contributed by atoms with Gasteiger partial charge in [-0.3, -0.25) is 0 Å². The summed E-state index contributed by atoms with van der Waals surface area (Å²) in [6.45, 7) is 3.91. The van der Waals surface area contributed by atoms with Gasteiger partial charge < -0.3 is 0 Å². The maximum atomic E-state index is 11.8. The molecule has 0 amide bonds. The van der Waals surface area contributed by atoms with E-state index in [0.717, 1.165) is 16.6 Å². The van der Waals surface area contributed by atoms with Crippen molar-refractivity contribution in [2.45, 2.75) is 36.9 Å². The van der Waals surface area contributed by atoms with Gasteiger partial charge in [0.05, 0.1) is 3.79 Å². The zero-order valence-corrected chi connectivity index (χ0v) is 11.9. The molecule has 1 heterocycles. The zero-order chi connectivity index (χ0) is 11.5. The predicted octanol–water partition coefficient (Wildman–Crippen LogP) is 2.98. The van der Waals surface area contributed by atoms with Crippen molar-refractivity contribution < 1.29 is 8.42 Å². The van der Waals surface area contributed by atoms with Gasteiger partial charge >= 0.3 is 0 Å². The molecule has 0 saturated carbocycles. The van der Waals surface area contributed by atoms with Crippen LogP contribution in [0.2, 0.25) is 0 Å². The highest BCUT2D eigenvalue weighted by molar-refractivity contribution is 9.11. The first-order valence-corrected chi connectivity index (χ1v) is 7.82. The molecule has 0 unspecified atom stereocenters. The lowest BCUT2D eigenvalue weighted by Crippen LogP contribution is -2.31. The minimum absolute atomic E-state index is 0.0131. The molecule has 6 heteroatoms. The Kier molecular flexibility index (Phi) is 4.76. The van der Waals surface area contributed by atoms with Crippen LogP contribution in [0, 0.1) is 0 Å². The fourth-order valence-corrected chi connectivity index (χ4v) is 4.56. The molecule has 0 saturated heterocycles. The first kappa shape index (κ1) is 13.2. The van der Waals surface area contributed by atoms with Crippen LogP contribution in [0.3, 0.4) is 0 Å². The van der Waals surface area contributed by atoms with Crippen LogP contribution < -0.4 is 4.72 Å². The first-order chi connectivity index (χ1) is 6.95. The number of rotatable bonds is 5. The van der Waals surface area contributed by atoms with Crippen LogP contribution in [0.5, 0.6) is 0 Å². The van der Waals surface area contributed by atoms with Gasteiger partial charge in [0.2, 0.25) is 10.0 Å². The average Bonchev–Trinajstić information content (AvgIpc) is 2.51. The average molecular weight is 312 g/mol. The van der Waals surface area contributed by atoms with E-state index in [1.807, 2.05) is 13.8 Å². The van der Waals surface area contributed by atoms with Crippen molar-refractivity contribution in [2.75, 3.05) is 0 Å². The van der Waals surface area contributed by atoms with Gasteiger partial charge in [-0.05, 0) is 41.4 Å². The number of thiophene rings is 1. The third-order valence-corrected chi connectivity index (χ3v) is 5.60. The molecule has 0 fully saturated rings. The summed E-state index contributed by atoms with van der Waals surface area (Å²) in [6.07, 6.45) is 1.82. The third-order valence-electron chi connectivity index (χ3n) is 1.89. The second-order valence-electron chi connectivity index (χ2n) is 3.37. The SMILES string of the molecule is CCC[C@@H](C)NS(=O)(=O)c1ccc(Br)s1. The van der Waals surface area contributed by atoms with Gasteiger partial charge in [0.1, 0.15) is 4.21 Å². The van der Waals surface area contributed by atoms with Crippen molar-refractivity contribution in [3.63, 3.8) is 0 Å². The van der Waals surface area contributed by atoms with Crippen molar-refractivity contribution in [2.24, 2.45) is 0 Å². The quantitative estimate of drug-likeness (QED) is 0.908. The van der Waals surface area contributed by atoms with E-state index in [1.54, 1.807) is 12.1 Å². The van der Waals surface area contributed by atoms with Gasteiger partial charge in [0.15, 0.2) is 0 Å². The first-order valence-electron chi connectivity index (χ1n) is 4.73. The fraction of sp³-hybridized carbons (Fsp3) is 0.556. The summed E-state index contributed by atoms with van der Waals surface area (Å²) in [4.78, 5) is 0. The molecule has 0 aromatic carbocycles. The number of hydrogen-bond donors (Lipinski definition) is 1. The second kappa shape index (κ2) is 5.43. The smallest absolute Gasteiger partial charge is 0.208 e. The molecule has 0 aliphatic carbocycles. The van der Waals surface area contributed by atoms with Gasteiger partial charge in [0.25, 0.3) is 0 Å². The third kappa shape index (κ3) is 3.86. The van der Waals surface area contributed by atoms with E-state index in [0.29, 0.717) is 4.21 Å². The molecule has 1 atom stereocenters. The molecule has 0 aliphatic rings. The highest BCUT2D eigenvalue weighted by atomic mass is 79.9. The molecule has 0 bridgehead atoms. The van der Waals surface area contributed by atoms with Crippen molar-refractivity contribution in [3.8, 4) is 0 Å². The largest absolute Gasteiger partial charge is 0.250 e. The van der Waals surface area contributed by atoms with E-state index in [-0.39, 0.29) is 6.04 Å². The van der Waals surface area contributed by atoms with Gasteiger partial charge in [-0.2, -0.15) is 0 Å². The molecule has 15 heavy (non-hydrogen) atoms. The van der Waals surface area contributed by atoms with Crippen molar-refractivity contribution >= 4 is 37.3 Å². The normalized spacial score (nSPS) is 14.1. The lowest BCUT2D eigenvalue weighted by molar-refractivity contribution is 0.545. The van der Waals surface area contributed by atoms with Crippen LogP contribution >= 0.6 is 27.3 Å². The highest BCUT2D eigenvalue weighted by Gasteiger charge is 2.18. The molecule has 1 rings (SSSR count). The summed E-state index contributed by atoms with van der Waals surface area (Å²) in [6, 6.07) is 3.33. The van der Waals surface area contributed by atoms with Gasteiger partial charge in [-0.15, -0.1) is 11.3 Å². The lowest BCUT2D eigenvalue weighted by Gasteiger charge is -2.11. The minimum atomic E-state index is -3.32. The van der Waals surface area contributed by atoms with E-state index in [2.05, 4.69) is 20.7 Å². The van der Waals surface area contributed by atoms with E-state index < -0.39 is 10.0 Å². The van der Waals surface area contributed by atoms with Crippen LogP contribution in [-0.4, -0.2) is 14.5 Å². The molecule has 1 aromatic heterocycles. The Morgan fingerprint density at radius 2 is 2.20 bits per heavy atom. The number of nitrogens with one attached hydrogen (secondary N) is 1. The number of halogens is 1. The highest BCUT2D eigenvalue weighted by Crippen LogP contribution is 2.26. The van der Waals surface area contributed by atoms with Crippen LogP contribution in [-0.2, 0) is 10.0 Å². The van der Waals surface area contributed by atoms with Crippen molar-refractivity contribution in [1.82, 2.24) is 4.72 Å². The van der Waals surface area contributed by atoms with Crippen molar-refractivity contribution in [1.29, 1.82) is 0 Å². The summed E-state index contributed by atoms with van der Waals surface area (Å²) in [7, 11) is -3.32. The van der Waals surface area contributed by atoms with E-state index in [4.69, 9.17) is 0 Å². The maximum Gasteiger partial charge on any atom is 0.250 e. The Labute approximate surface area is 103 Å². The van der Waals surface area contributed by atoms with E-state index in [1.165, 1.54) is 11.3 Å².